The van der Waals surface area contributed by atoms with Crippen molar-refractivity contribution < 1.29 is 37.0 Å². The summed E-state index contributed by atoms with van der Waals surface area (Å²) in [4.78, 5) is 14.3. The number of quaternary nitrogens is 1. The van der Waals surface area contributed by atoms with Crippen molar-refractivity contribution in [2.24, 2.45) is 0 Å². The highest BCUT2D eigenvalue weighted by Crippen LogP contribution is 2.24. The number of carbonyl (C=O) groups excluding carboxylic acids is 1. The number of likely N-dealkylation sites (N-methyl/N-ethyl adjacent to an activating group) is 1. The number of nitrogens with one attached hydrogen (secondary N) is 1. The average Bonchev–Trinajstić information content (AvgIpc) is 3.17. The molecule has 0 saturated carbocycles. The van der Waals surface area contributed by atoms with Crippen LogP contribution in [0.15, 0.2) is 48.5 Å². The van der Waals surface area contributed by atoms with E-state index in [0.29, 0.717) is 30.7 Å². The number of fused-ring (bicyclic) bond motifs is 1. The molecule has 3 rings (SSSR count). The SMILES string of the molecule is C[N+](CCO)(CCO)CCNC(=O)CC(c1ccc(O)cc1)n1nc2ccccc2n1.[Cl-]. The second-order valence-electron chi connectivity index (χ2n) is 7.91. The Bertz CT molecular complexity index is 956. The zero-order valence-corrected chi connectivity index (χ0v) is 18.8. The summed E-state index contributed by atoms with van der Waals surface area (Å²) in [7, 11) is 1.94. The zero-order valence-electron chi connectivity index (χ0n) is 18.1. The lowest BCUT2D eigenvalue weighted by atomic mass is 10.0. The van der Waals surface area contributed by atoms with E-state index >= 15 is 0 Å². The molecule has 3 aromatic rings. The van der Waals surface area contributed by atoms with Crippen LogP contribution in [0, 0.1) is 0 Å². The first kappa shape index (κ1) is 25.5. The number of amides is 1. The van der Waals surface area contributed by atoms with Crippen molar-refractivity contribution in [2.45, 2.75) is 12.5 Å². The fraction of sp³-hybridized carbons (Fsp3) is 0.409. The number of aliphatic hydroxyl groups is 2. The van der Waals surface area contributed by atoms with Crippen LogP contribution in [0.1, 0.15) is 18.0 Å². The maximum Gasteiger partial charge on any atom is 0.222 e. The number of phenolic OH excluding ortho intramolecular Hbond substituents is 1. The quantitative estimate of drug-likeness (QED) is 0.237. The standard InChI is InChI=1S/C22H29N5O4.ClH/c1-27(12-14-28,13-15-29)11-10-23-22(31)16-21(17-6-8-18(30)9-7-17)26-24-19-4-2-3-5-20(19)25-26;/h2-9,21,28-29H,10-16H2,1H3,(H-,23,30,31);1H. The maximum absolute atomic E-state index is 12.7. The third-order valence-corrected chi connectivity index (χ3v) is 5.49. The van der Waals surface area contributed by atoms with Crippen LogP contribution in [0.3, 0.4) is 0 Å². The third-order valence-electron chi connectivity index (χ3n) is 5.49. The summed E-state index contributed by atoms with van der Waals surface area (Å²) in [6.45, 7) is 2.08. The van der Waals surface area contributed by atoms with Crippen molar-refractivity contribution in [3.8, 4) is 5.75 Å². The van der Waals surface area contributed by atoms with Crippen molar-refractivity contribution >= 4 is 16.9 Å². The van der Waals surface area contributed by atoms with Gasteiger partial charge in [0.1, 0.15) is 35.9 Å². The number of benzene rings is 2. The van der Waals surface area contributed by atoms with E-state index in [1.807, 2.05) is 31.3 Å². The Hall–Kier alpha value is -2.72. The summed E-state index contributed by atoms with van der Waals surface area (Å²) in [6.07, 6.45) is 0.134. The summed E-state index contributed by atoms with van der Waals surface area (Å²) >= 11 is 0. The van der Waals surface area contributed by atoms with Gasteiger partial charge in [0.15, 0.2) is 0 Å². The van der Waals surface area contributed by atoms with E-state index < -0.39 is 6.04 Å². The van der Waals surface area contributed by atoms with E-state index in [9.17, 15) is 20.1 Å². The van der Waals surface area contributed by atoms with Gasteiger partial charge >= 0.3 is 0 Å². The number of aliphatic hydroxyl groups excluding tert-OH is 2. The van der Waals surface area contributed by atoms with Gasteiger partial charge in [0.05, 0.1) is 39.8 Å². The molecule has 1 aromatic heterocycles. The summed E-state index contributed by atoms with van der Waals surface area (Å²) in [5.74, 6) is -0.00524. The fourth-order valence-electron chi connectivity index (χ4n) is 3.58. The number of aromatic nitrogens is 3. The smallest absolute Gasteiger partial charge is 0.222 e. The number of halogens is 1. The molecule has 9 nitrogen and oxygen atoms in total. The number of rotatable bonds is 11. The Balaban J connectivity index is 0.00000363. The molecule has 0 aliphatic rings. The lowest BCUT2D eigenvalue weighted by Gasteiger charge is -2.33. The van der Waals surface area contributed by atoms with E-state index in [1.54, 1.807) is 29.1 Å². The summed E-state index contributed by atoms with van der Waals surface area (Å²) in [6, 6.07) is 13.8. The van der Waals surface area contributed by atoms with E-state index in [-0.39, 0.29) is 43.7 Å². The van der Waals surface area contributed by atoms with Gasteiger partial charge < -0.3 is 37.5 Å². The van der Waals surface area contributed by atoms with Crippen molar-refractivity contribution in [1.82, 2.24) is 20.3 Å². The van der Waals surface area contributed by atoms with Crippen molar-refractivity contribution in [2.75, 3.05) is 46.4 Å². The lowest BCUT2D eigenvalue weighted by Crippen LogP contribution is -3.00. The Morgan fingerprint density at radius 2 is 1.56 bits per heavy atom. The molecule has 32 heavy (non-hydrogen) atoms. The topological polar surface area (TPSA) is 120 Å². The number of carbonyl (C=O) groups is 1. The Morgan fingerprint density at radius 3 is 2.09 bits per heavy atom. The average molecular weight is 464 g/mol. The number of hydrogen-bond donors (Lipinski definition) is 4. The van der Waals surface area contributed by atoms with E-state index in [0.717, 1.165) is 16.6 Å². The fourth-order valence-corrected chi connectivity index (χ4v) is 3.58. The molecule has 0 saturated heterocycles. The lowest BCUT2D eigenvalue weighted by molar-refractivity contribution is -0.908. The van der Waals surface area contributed by atoms with Crippen LogP contribution in [0.4, 0.5) is 0 Å². The van der Waals surface area contributed by atoms with E-state index in [2.05, 4.69) is 15.5 Å². The first-order valence-electron chi connectivity index (χ1n) is 10.4. The molecule has 0 radical (unpaired) electrons. The van der Waals surface area contributed by atoms with Gasteiger partial charge in [-0.1, -0.05) is 24.3 Å². The molecule has 1 atom stereocenters. The third kappa shape index (κ3) is 6.64. The molecule has 0 fully saturated rings. The highest BCUT2D eigenvalue weighted by molar-refractivity contribution is 5.77. The van der Waals surface area contributed by atoms with Crippen LogP contribution in [-0.2, 0) is 4.79 Å². The molecule has 1 unspecified atom stereocenters. The second kappa shape index (κ2) is 11.8. The molecule has 0 aliphatic heterocycles. The molecule has 10 heteroatoms. The molecular weight excluding hydrogens is 434 g/mol. The van der Waals surface area contributed by atoms with Crippen molar-refractivity contribution in [3.05, 3.63) is 54.1 Å². The molecule has 4 N–H and O–H groups in total. The zero-order chi connectivity index (χ0) is 22.3. The van der Waals surface area contributed by atoms with Gasteiger partial charge in [-0.2, -0.15) is 15.0 Å². The summed E-state index contributed by atoms with van der Waals surface area (Å²) < 4.78 is 0.473. The summed E-state index contributed by atoms with van der Waals surface area (Å²) in [5, 5.41) is 40.2. The maximum atomic E-state index is 12.7. The molecule has 0 spiro atoms. The minimum absolute atomic E-state index is 0. The Labute approximate surface area is 193 Å². The van der Waals surface area contributed by atoms with Crippen molar-refractivity contribution in [1.29, 1.82) is 0 Å². The monoisotopic (exact) mass is 463 g/mol. The molecule has 2 aromatic carbocycles. The van der Waals surface area contributed by atoms with Crippen LogP contribution in [0.2, 0.25) is 0 Å². The first-order chi connectivity index (χ1) is 14.9. The van der Waals surface area contributed by atoms with Gasteiger partial charge in [-0.25, -0.2) is 0 Å². The minimum Gasteiger partial charge on any atom is -1.00 e. The highest BCUT2D eigenvalue weighted by atomic mass is 35.5. The predicted octanol–water partition coefficient (Wildman–Crippen LogP) is -2.33. The molecule has 174 valence electrons. The normalized spacial score (nSPS) is 12.3. The van der Waals surface area contributed by atoms with Crippen LogP contribution >= 0.6 is 0 Å². The van der Waals surface area contributed by atoms with Crippen LogP contribution in [0.25, 0.3) is 11.0 Å². The number of hydrogen-bond acceptors (Lipinski definition) is 6. The number of nitrogens with zero attached hydrogens (tertiary/aromatic N) is 4. The Kier molecular flexibility index (Phi) is 9.40. The van der Waals surface area contributed by atoms with Crippen LogP contribution in [-0.4, -0.2) is 87.1 Å². The number of phenols is 1. The second-order valence-corrected chi connectivity index (χ2v) is 7.91. The number of aromatic hydroxyl groups is 1. The summed E-state index contributed by atoms with van der Waals surface area (Å²) in [5.41, 5.74) is 2.30. The molecular formula is C22H30ClN5O4. The first-order valence-corrected chi connectivity index (χ1v) is 10.4. The van der Waals surface area contributed by atoms with E-state index in [4.69, 9.17) is 0 Å². The highest BCUT2D eigenvalue weighted by Gasteiger charge is 2.23. The van der Waals surface area contributed by atoms with Gasteiger partial charge in [0.2, 0.25) is 5.91 Å². The van der Waals surface area contributed by atoms with Crippen molar-refractivity contribution in [3.63, 3.8) is 0 Å². The minimum atomic E-state index is -0.427. The van der Waals surface area contributed by atoms with Gasteiger partial charge in [-0.05, 0) is 29.8 Å². The molecule has 0 bridgehead atoms. The predicted molar refractivity (Wildman–Crippen MR) is 116 cm³/mol. The molecule has 1 heterocycles. The van der Waals surface area contributed by atoms with Crippen LogP contribution in [0.5, 0.6) is 5.75 Å². The van der Waals surface area contributed by atoms with Gasteiger partial charge in [-0.3, -0.25) is 4.79 Å². The Morgan fingerprint density at radius 1 is 1.00 bits per heavy atom. The van der Waals surface area contributed by atoms with Gasteiger partial charge in [-0.15, -0.1) is 0 Å². The largest absolute Gasteiger partial charge is 1.00 e. The van der Waals surface area contributed by atoms with Gasteiger partial charge in [0.25, 0.3) is 0 Å². The molecule has 1 amide bonds. The van der Waals surface area contributed by atoms with Gasteiger partial charge in [0, 0.05) is 0 Å². The van der Waals surface area contributed by atoms with Crippen LogP contribution < -0.4 is 17.7 Å². The molecule has 0 aliphatic carbocycles. The van der Waals surface area contributed by atoms with E-state index in [1.165, 1.54) is 0 Å².